The summed E-state index contributed by atoms with van der Waals surface area (Å²) in [5.41, 5.74) is 6.25. The van der Waals surface area contributed by atoms with Gasteiger partial charge < -0.3 is 5.73 Å². The van der Waals surface area contributed by atoms with Crippen molar-refractivity contribution in [3.8, 4) is 6.19 Å². The summed E-state index contributed by atoms with van der Waals surface area (Å²) in [6.07, 6.45) is 1.54. The Morgan fingerprint density at radius 3 is 2.62 bits per heavy atom. The minimum Gasteiger partial charge on any atom is -0.316 e. The number of carbonyl (C=O) groups is 1. The molecular formula is C9H9N3O. The Morgan fingerprint density at radius 2 is 2.08 bits per heavy atom. The van der Waals surface area contributed by atoms with E-state index in [1.165, 1.54) is 6.19 Å². The first kappa shape index (κ1) is 9.23. The predicted octanol–water partition coefficient (Wildman–Crippen LogP) is 0.284. The zero-order valence-corrected chi connectivity index (χ0v) is 6.90. The van der Waals surface area contributed by atoms with Gasteiger partial charge in [-0.15, -0.1) is 0 Å². The van der Waals surface area contributed by atoms with Crippen LogP contribution in [0.4, 0.5) is 0 Å². The molecule has 0 saturated carbocycles. The molecule has 0 bridgehead atoms. The Labute approximate surface area is 76.0 Å². The van der Waals surface area contributed by atoms with Crippen LogP contribution < -0.4 is 11.1 Å². The molecule has 0 radical (unpaired) electrons. The van der Waals surface area contributed by atoms with Gasteiger partial charge in [-0.05, 0) is 5.56 Å². The molecule has 3 N–H and O–H groups in total. The molecule has 1 aromatic carbocycles. The van der Waals surface area contributed by atoms with Crippen molar-refractivity contribution in [2.24, 2.45) is 5.73 Å². The maximum atomic E-state index is 11.1. The zero-order valence-electron chi connectivity index (χ0n) is 6.90. The van der Waals surface area contributed by atoms with Gasteiger partial charge in [-0.1, -0.05) is 30.3 Å². The molecule has 4 nitrogen and oxygen atoms in total. The number of rotatable bonds is 2. The molecule has 0 heterocycles. The molecule has 1 amide bonds. The molecule has 0 aliphatic rings. The molecule has 4 heteroatoms. The Balaban J connectivity index is 2.75. The summed E-state index contributed by atoms with van der Waals surface area (Å²) >= 11 is 0. The largest absolute Gasteiger partial charge is 0.316 e. The molecular weight excluding hydrogens is 166 g/mol. The van der Waals surface area contributed by atoms with Gasteiger partial charge in [0.05, 0.1) is 0 Å². The van der Waals surface area contributed by atoms with E-state index in [9.17, 15) is 4.79 Å². The van der Waals surface area contributed by atoms with Crippen LogP contribution in [0.3, 0.4) is 0 Å². The van der Waals surface area contributed by atoms with E-state index in [2.05, 4.69) is 0 Å². The van der Waals surface area contributed by atoms with Crippen molar-refractivity contribution in [1.82, 2.24) is 5.32 Å². The number of nitrogens with two attached hydrogens (primary N) is 1. The van der Waals surface area contributed by atoms with Gasteiger partial charge in [0.2, 0.25) is 0 Å². The molecule has 0 fully saturated rings. The Hall–Kier alpha value is -1.86. The van der Waals surface area contributed by atoms with E-state index in [4.69, 9.17) is 11.0 Å². The summed E-state index contributed by atoms with van der Waals surface area (Å²) in [4.78, 5) is 11.1. The van der Waals surface area contributed by atoms with Gasteiger partial charge in [-0.2, -0.15) is 5.26 Å². The number of benzene rings is 1. The Kier molecular flexibility index (Phi) is 3.01. The van der Waals surface area contributed by atoms with E-state index in [-0.39, 0.29) is 0 Å². The number of hydrogen-bond acceptors (Lipinski definition) is 3. The monoisotopic (exact) mass is 175 g/mol. The Bertz CT molecular complexity index is 328. The normalized spacial score (nSPS) is 11.4. The average molecular weight is 175 g/mol. The van der Waals surface area contributed by atoms with Gasteiger partial charge in [0, 0.05) is 0 Å². The van der Waals surface area contributed by atoms with Crippen LogP contribution in [0, 0.1) is 11.5 Å². The number of hydrogen-bond donors (Lipinski definition) is 2. The lowest BCUT2D eigenvalue weighted by molar-refractivity contribution is -0.121. The third-order valence-corrected chi connectivity index (χ3v) is 1.62. The smallest absolute Gasteiger partial charge is 0.254 e. The van der Waals surface area contributed by atoms with E-state index in [0.29, 0.717) is 5.56 Å². The summed E-state index contributed by atoms with van der Waals surface area (Å²) in [5, 5.41) is 10.2. The van der Waals surface area contributed by atoms with Crippen LogP contribution in [0.5, 0.6) is 0 Å². The van der Waals surface area contributed by atoms with Crippen LogP contribution in [0.25, 0.3) is 0 Å². The fraction of sp³-hybridized carbons (Fsp3) is 0.111. The van der Waals surface area contributed by atoms with Crippen molar-refractivity contribution in [2.45, 2.75) is 6.04 Å². The van der Waals surface area contributed by atoms with Crippen LogP contribution in [-0.2, 0) is 4.79 Å². The molecule has 13 heavy (non-hydrogen) atoms. The minimum atomic E-state index is -0.777. The van der Waals surface area contributed by atoms with Crippen LogP contribution >= 0.6 is 0 Å². The molecule has 0 spiro atoms. The van der Waals surface area contributed by atoms with E-state index in [0.717, 1.165) is 0 Å². The first-order valence-corrected chi connectivity index (χ1v) is 3.75. The maximum Gasteiger partial charge on any atom is 0.254 e. The second-order valence-electron chi connectivity index (χ2n) is 2.49. The zero-order chi connectivity index (χ0) is 9.68. The molecule has 0 saturated heterocycles. The number of nitrogens with zero attached hydrogens (tertiary/aromatic N) is 1. The van der Waals surface area contributed by atoms with Gasteiger partial charge in [0.25, 0.3) is 5.91 Å². The van der Waals surface area contributed by atoms with E-state index < -0.39 is 11.9 Å². The molecule has 1 aromatic rings. The highest BCUT2D eigenvalue weighted by Crippen LogP contribution is 2.08. The first-order chi connectivity index (χ1) is 6.25. The van der Waals surface area contributed by atoms with Crippen molar-refractivity contribution >= 4 is 5.91 Å². The molecule has 0 aromatic heterocycles. The van der Waals surface area contributed by atoms with Crippen LogP contribution in [0.15, 0.2) is 30.3 Å². The lowest BCUT2D eigenvalue weighted by Crippen LogP contribution is -2.30. The second kappa shape index (κ2) is 4.24. The number of nitriles is 1. The molecule has 0 aliphatic heterocycles. The maximum absolute atomic E-state index is 11.1. The quantitative estimate of drug-likeness (QED) is 0.500. The average Bonchev–Trinajstić information content (AvgIpc) is 2.18. The van der Waals surface area contributed by atoms with E-state index >= 15 is 0 Å². The highest BCUT2D eigenvalue weighted by molar-refractivity contribution is 5.84. The number of carbonyl (C=O) groups excluding carboxylic acids is 1. The van der Waals surface area contributed by atoms with Gasteiger partial charge in [0.15, 0.2) is 6.19 Å². The lowest BCUT2D eigenvalue weighted by atomic mass is 10.1. The second-order valence-corrected chi connectivity index (χ2v) is 2.49. The summed E-state index contributed by atoms with van der Waals surface area (Å²) in [5.74, 6) is -0.492. The minimum absolute atomic E-state index is 0.492. The van der Waals surface area contributed by atoms with E-state index in [1.807, 2.05) is 11.4 Å². The molecule has 1 unspecified atom stereocenters. The van der Waals surface area contributed by atoms with Crippen molar-refractivity contribution in [3.63, 3.8) is 0 Å². The molecule has 1 rings (SSSR count). The van der Waals surface area contributed by atoms with Crippen LogP contribution in [0.2, 0.25) is 0 Å². The van der Waals surface area contributed by atoms with Gasteiger partial charge in [0.1, 0.15) is 6.04 Å². The van der Waals surface area contributed by atoms with E-state index in [1.54, 1.807) is 24.3 Å². The van der Waals surface area contributed by atoms with Gasteiger partial charge in [-0.3, -0.25) is 10.1 Å². The molecule has 1 atom stereocenters. The third-order valence-electron chi connectivity index (χ3n) is 1.62. The summed E-state index contributed by atoms with van der Waals surface area (Å²) in [7, 11) is 0. The standard InChI is InChI=1S/C9H9N3O/c10-6-12-9(13)8(11)7-4-2-1-3-5-7/h1-5,8H,11H2,(H,12,13). The summed E-state index contributed by atoms with van der Waals surface area (Å²) < 4.78 is 0. The highest BCUT2D eigenvalue weighted by Gasteiger charge is 2.13. The van der Waals surface area contributed by atoms with Crippen molar-refractivity contribution in [1.29, 1.82) is 5.26 Å². The Morgan fingerprint density at radius 1 is 1.46 bits per heavy atom. The fourth-order valence-electron chi connectivity index (χ4n) is 0.945. The van der Waals surface area contributed by atoms with Crippen molar-refractivity contribution in [3.05, 3.63) is 35.9 Å². The summed E-state index contributed by atoms with van der Waals surface area (Å²) in [6.45, 7) is 0. The van der Waals surface area contributed by atoms with Gasteiger partial charge >= 0.3 is 0 Å². The summed E-state index contributed by atoms with van der Waals surface area (Å²) in [6, 6.07) is 8.10. The topological polar surface area (TPSA) is 78.9 Å². The first-order valence-electron chi connectivity index (χ1n) is 3.75. The van der Waals surface area contributed by atoms with Crippen LogP contribution in [0.1, 0.15) is 11.6 Å². The SMILES string of the molecule is N#CNC(=O)C(N)c1ccccc1. The van der Waals surface area contributed by atoms with Gasteiger partial charge in [-0.25, -0.2) is 0 Å². The molecule has 66 valence electrons. The van der Waals surface area contributed by atoms with Crippen molar-refractivity contribution < 1.29 is 4.79 Å². The van der Waals surface area contributed by atoms with Crippen LogP contribution in [-0.4, -0.2) is 5.91 Å². The highest BCUT2D eigenvalue weighted by atomic mass is 16.2. The molecule has 0 aliphatic carbocycles. The number of amides is 1. The third kappa shape index (κ3) is 2.29. The predicted molar refractivity (Wildman–Crippen MR) is 47.1 cm³/mol. The van der Waals surface area contributed by atoms with Crippen molar-refractivity contribution in [2.75, 3.05) is 0 Å². The number of nitrogens with one attached hydrogen (secondary N) is 1. The lowest BCUT2D eigenvalue weighted by Gasteiger charge is -2.07. The fourth-order valence-corrected chi connectivity index (χ4v) is 0.945.